The molecule has 0 N–H and O–H groups in total. The first-order valence-corrected chi connectivity index (χ1v) is 16.4. The van der Waals surface area contributed by atoms with Crippen molar-refractivity contribution in [2.45, 2.75) is 49.9 Å². The van der Waals surface area contributed by atoms with E-state index in [-0.39, 0.29) is 24.8 Å². The van der Waals surface area contributed by atoms with Crippen molar-refractivity contribution in [3.05, 3.63) is 41.1 Å². The SMILES string of the molecule is CC1=CC(C)[C]([Hf]2([C]3=C(C)C=C(C)C3C)[CH2][CH2]2)=C1C.Cl.Cl. The molecule has 118 valence electrons. The zero-order valence-corrected chi connectivity index (χ0v) is 19.3. The largest absolute Gasteiger partial charge is 0.147 e. The predicted octanol–water partition coefficient (Wildman–Crippen LogP) is 6.57. The first-order valence-electron chi connectivity index (χ1n) is 7.68. The third kappa shape index (κ3) is 2.83. The molecule has 0 spiro atoms. The Balaban J connectivity index is 0.00000110. The van der Waals surface area contributed by atoms with Gasteiger partial charge in [0.15, 0.2) is 0 Å². The molecule has 0 saturated carbocycles. The molecule has 21 heavy (non-hydrogen) atoms. The second-order valence-corrected chi connectivity index (χ2v) is 22.2. The van der Waals surface area contributed by atoms with Gasteiger partial charge in [0.2, 0.25) is 0 Å². The summed E-state index contributed by atoms with van der Waals surface area (Å²) in [5.74, 6) is 1.48. The van der Waals surface area contributed by atoms with E-state index >= 15 is 0 Å². The molecule has 0 nitrogen and oxygen atoms in total. The average molecular weight is 494 g/mol. The molecule has 1 saturated heterocycles. The molecule has 3 heteroatoms. The molecule has 1 aliphatic heterocycles. The minimum absolute atomic E-state index is 0. The molecule has 0 radical (unpaired) electrons. The standard InChI is InChI=1S/2C8H11.C2H4.2ClH.Hf/c2*1-6-4-7(2)8(3)5-6;1-2;;;/h4,8H,1-3H3;4,6H,1-3H3;1-2H2;2*1H;. The molecule has 2 unspecified atom stereocenters. The smallest absolute Gasteiger partial charge is 0.147 e. The van der Waals surface area contributed by atoms with Crippen LogP contribution in [-0.2, 0) is 20.0 Å². The van der Waals surface area contributed by atoms with Crippen LogP contribution < -0.4 is 0 Å². The van der Waals surface area contributed by atoms with Gasteiger partial charge < -0.3 is 0 Å². The zero-order valence-electron chi connectivity index (χ0n) is 14.0. The van der Waals surface area contributed by atoms with Gasteiger partial charge in [-0.05, 0) is 0 Å². The average Bonchev–Trinajstić information content (AvgIpc) is 2.98. The Kier molecular flexibility index (Phi) is 6.02. The van der Waals surface area contributed by atoms with Crippen LogP contribution in [0.2, 0.25) is 8.35 Å². The van der Waals surface area contributed by atoms with E-state index in [1.165, 1.54) is 0 Å². The van der Waals surface area contributed by atoms with Crippen molar-refractivity contribution >= 4 is 24.8 Å². The minimum atomic E-state index is -2.28. The molecule has 3 rings (SSSR count). The monoisotopic (exact) mass is 494 g/mol. The van der Waals surface area contributed by atoms with Crippen molar-refractivity contribution in [1.29, 1.82) is 0 Å². The number of hydrogen-bond donors (Lipinski definition) is 0. The van der Waals surface area contributed by atoms with E-state index in [2.05, 4.69) is 53.7 Å². The number of halogens is 2. The third-order valence-corrected chi connectivity index (χ3v) is 24.5. The second-order valence-electron chi connectivity index (χ2n) is 6.97. The van der Waals surface area contributed by atoms with Crippen molar-refractivity contribution in [1.82, 2.24) is 0 Å². The van der Waals surface area contributed by atoms with Crippen LogP contribution in [0.1, 0.15) is 41.5 Å². The van der Waals surface area contributed by atoms with E-state index < -0.39 is 20.0 Å². The minimum Gasteiger partial charge on any atom is -0.147 e. The van der Waals surface area contributed by atoms with Crippen LogP contribution in [0.15, 0.2) is 41.1 Å². The summed E-state index contributed by atoms with van der Waals surface area (Å²) in [5, 5.41) is 0. The van der Waals surface area contributed by atoms with E-state index in [0.29, 0.717) is 0 Å². The fourth-order valence-electron chi connectivity index (χ4n) is 4.65. The molecular formula is C18H28Cl2Hf. The fourth-order valence-corrected chi connectivity index (χ4v) is 31.3. The van der Waals surface area contributed by atoms with Crippen LogP contribution in [0.25, 0.3) is 0 Å². The number of rotatable bonds is 2. The first-order chi connectivity index (χ1) is 8.88. The van der Waals surface area contributed by atoms with Gasteiger partial charge >= 0.3 is 123 Å². The van der Waals surface area contributed by atoms with E-state index in [1.54, 1.807) is 30.6 Å². The molecular weight excluding hydrogens is 466 g/mol. The van der Waals surface area contributed by atoms with Gasteiger partial charge in [-0.3, -0.25) is 0 Å². The van der Waals surface area contributed by atoms with E-state index in [4.69, 9.17) is 0 Å². The Morgan fingerprint density at radius 1 is 0.952 bits per heavy atom. The Morgan fingerprint density at radius 3 is 1.86 bits per heavy atom. The van der Waals surface area contributed by atoms with Crippen LogP contribution in [0.5, 0.6) is 0 Å². The van der Waals surface area contributed by atoms with Crippen molar-refractivity contribution in [3.63, 3.8) is 0 Å². The summed E-state index contributed by atoms with van der Waals surface area (Å²) in [6, 6.07) is 0. The van der Waals surface area contributed by atoms with Crippen LogP contribution in [0.3, 0.4) is 0 Å². The van der Waals surface area contributed by atoms with Crippen LogP contribution in [0, 0.1) is 11.8 Å². The summed E-state index contributed by atoms with van der Waals surface area (Å²) in [6.45, 7) is 14.3. The summed E-state index contributed by atoms with van der Waals surface area (Å²) in [4.78, 5) is 0. The zero-order chi connectivity index (χ0) is 13.9. The van der Waals surface area contributed by atoms with Gasteiger partial charge in [-0.2, -0.15) is 0 Å². The van der Waals surface area contributed by atoms with Gasteiger partial charge in [-0.25, -0.2) is 0 Å². The second kappa shape index (κ2) is 6.49. The molecule has 2 atom stereocenters. The Bertz CT molecular complexity index is 574. The topological polar surface area (TPSA) is 0 Å². The molecule has 3 aliphatic rings. The van der Waals surface area contributed by atoms with E-state index in [0.717, 1.165) is 11.8 Å². The van der Waals surface area contributed by atoms with E-state index in [9.17, 15) is 0 Å². The van der Waals surface area contributed by atoms with Crippen molar-refractivity contribution in [2.75, 3.05) is 0 Å². The summed E-state index contributed by atoms with van der Waals surface area (Å²) in [7, 11) is 0. The molecule has 2 aliphatic carbocycles. The fraction of sp³-hybridized carbons (Fsp3) is 0.556. The van der Waals surface area contributed by atoms with Crippen LogP contribution in [0.4, 0.5) is 0 Å². The van der Waals surface area contributed by atoms with E-state index in [1.807, 2.05) is 6.66 Å². The van der Waals surface area contributed by atoms with Crippen LogP contribution in [-0.4, -0.2) is 0 Å². The third-order valence-electron chi connectivity index (χ3n) is 5.72. The summed E-state index contributed by atoms with van der Waals surface area (Å²) in [5.41, 5.74) is 6.47. The first kappa shape index (κ1) is 19.5. The maximum atomic E-state index is 2.51. The van der Waals surface area contributed by atoms with Crippen LogP contribution >= 0.6 is 24.8 Å². The quantitative estimate of drug-likeness (QED) is 0.382. The Labute approximate surface area is 147 Å². The van der Waals surface area contributed by atoms with Gasteiger partial charge in [-0.15, -0.1) is 24.8 Å². The molecule has 1 heterocycles. The summed E-state index contributed by atoms with van der Waals surface area (Å²) in [6.07, 6.45) is 4.98. The van der Waals surface area contributed by atoms with Gasteiger partial charge in [0.25, 0.3) is 0 Å². The van der Waals surface area contributed by atoms with Gasteiger partial charge in [0, 0.05) is 0 Å². The van der Waals surface area contributed by atoms with Crippen molar-refractivity contribution < 1.29 is 20.0 Å². The molecule has 0 aromatic rings. The molecule has 0 aromatic heterocycles. The Morgan fingerprint density at radius 2 is 1.52 bits per heavy atom. The predicted molar refractivity (Wildman–Crippen MR) is 95.4 cm³/mol. The molecule has 0 bridgehead atoms. The molecule has 0 amide bonds. The maximum Gasteiger partial charge on any atom is -0.147 e. The molecule has 0 aromatic carbocycles. The summed E-state index contributed by atoms with van der Waals surface area (Å²) < 4.78 is 7.08. The van der Waals surface area contributed by atoms with Gasteiger partial charge in [0.05, 0.1) is 0 Å². The van der Waals surface area contributed by atoms with Crippen molar-refractivity contribution in [3.8, 4) is 0 Å². The summed E-state index contributed by atoms with van der Waals surface area (Å²) >= 11 is -2.28. The molecule has 1 fully saturated rings. The normalized spacial score (nSPS) is 29.8. The maximum absolute atomic E-state index is 2.51. The van der Waals surface area contributed by atoms with Gasteiger partial charge in [-0.1, -0.05) is 0 Å². The number of hydrogen-bond acceptors (Lipinski definition) is 0. The number of allylic oxidation sites excluding steroid dienone is 8. The van der Waals surface area contributed by atoms with Gasteiger partial charge in [0.1, 0.15) is 0 Å². The Hall–Kier alpha value is 0.410. The van der Waals surface area contributed by atoms with Crippen molar-refractivity contribution in [2.24, 2.45) is 11.8 Å².